The number of benzene rings is 1. The minimum Gasteiger partial charge on any atom is -0.341 e. The topological polar surface area (TPSA) is 41.9 Å². The summed E-state index contributed by atoms with van der Waals surface area (Å²) >= 11 is 3.18. The normalized spacial score (nSPS) is 15.4. The van der Waals surface area contributed by atoms with Crippen LogP contribution in [0, 0.1) is 0 Å². The van der Waals surface area contributed by atoms with Gasteiger partial charge in [0, 0.05) is 47.4 Å². The molecular formula is C22H23F3N4S2. The first-order chi connectivity index (χ1) is 14.9. The van der Waals surface area contributed by atoms with Crippen molar-refractivity contribution >= 4 is 29.0 Å². The van der Waals surface area contributed by atoms with E-state index < -0.39 is 11.7 Å². The summed E-state index contributed by atoms with van der Waals surface area (Å²) in [5.41, 5.74) is 1.50. The second-order valence-corrected chi connectivity index (χ2v) is 9.43. The fourth-order valence-electron chi connectivity index (χ4n) is 3.49. The predicted molar refractivity (Wildman–Crippen MR) is 119 cm³/mol. The maximum atomic E-state index is 12.7. The summed E-state index contributed by atoms with van der Waals surface area (Å²) in [6.45, 7) is 3.91. The molecule has 0 unspecified atom stereocenters. The molecule has 31 heavy (non-hydrogen) atoms. The molecule has 0 spiro atoms. The SMILES string of the molecule is CCc1cnc(N2CCC(c3nc(CSc4ccc(C(F)(F)F)cc4)cs3)CC2)nc1. The van der Waals surface area contributed by atoms with Gasteiger partial charge >= 0.3 is 6.18 Å². The molecule has 1 aromatic carbocycles. The van der Waals surface area contributed by atoms with Crippen molar-refractivity contribution in [1.29, 1.82) is 0 Å². The lowest BCUT2D eigenvalue weighted by Crippen LogP contribution is -2.34. The van der Waals surface area contributed by atoms with Crippen molar-refractivity contribution < 1.29 is 13.2 Å². The van der Waals surface area contributed by atoms with Crippen LogP contribution in [-0.4, -0.2) is 28.0 Å². The van der Waals surface area contributed by atoms with E-state index in [1.54, 1.807) is 11.3 Å². The highest BCUT2D eigenvalue weighted by molar-refractivity contribution is 7.98. The van der Waals surface area contributed by atoms with E-state index in [4.69, 9.17) is 4.98 Å². The van der Waals surface area contributed by atoms with Gasteiger partial charge < -0.3 is 4.90 Å². The van der Waals surface area contributed by atoms with Crippen molar-refractivity contribution in [3.05, 3.63) is 63.9 Å². The van der Waals surface area contributed by atoms with E-state index >= 15 is 0 Å². The lowest BCUT2D eigenvalue weighted by molar-refractivity contribution is -0.137. The minimum absolute atomic E-state index is 0.431. The number of piperidine rings is 1. The fourth-order valence-corrected chi connectivity index (χ4v) is 5.38. The Morgan fingerprint density at radius 1 is 1.10 bits per heavy atom. The maximum absolute atomic E-state index is 12.7. The van der Waals surface area contributed by atoms with Gasteiger partial charge in [0.1, 0.15) is 0 Å². The van der Waals surface area contributed by atoms with E-state index in [2.05, 4.69) is 27.2 Å². The molecule has 2 aromatic heterocycles. The average Bonchev–Trinajstić information content (AvgIpc) is 3.27. The van der Waals surface area contributed by atoms with Crippen molar-refractivity contribution in [1.82, 2.24) is 15.0 Å². The van der Waals surface area contributed by atoms with Crippen molar-refractivity contribution in [2.24, 2.45) is 0 Å². The molecule has 4 rings (SSSR count). The molecule has 1 aliphatic rings. The van der Waals surface area contributed by atoms with Crippen LogP contribution in [0.5, 0.6) is 0 Å². The van der Waals surface area contributed by atoms with Crippen molar-refractivity contribution in [3.8, 4) is 0 Å². The first kappa shape index (κ1) is 22.1. The molecule has 3 aromatic rings. The van der Waals surface area contributed by atoms with Gasteiger partial charge in [-0.25, -0.2) is 15.0 Å². The number of alkyl halides is 3. The summed E-state index contributed by atoms with van der Waals surface area (Å²) in [5, 5.41) is 3.20. The number of anilines is 1. The molecule has 9 heteroatoms. The number of thiazole rings is 1. The molecule has 1 saturated heterocycles. The second kappa shape index (κ2) is 9.56. The van der Waals surface area contributed by atoms with E-state index in [1.165, 1.54) is 23.9 Å². The number of hydrogen-bond donors (Lipinski definition) is 0. The third-order valence-corrected chi connectivity index (χ3v) is 7.47. The van der Waals surface area contributed by atoms with Gasteiger partial charge in [0.2, 0.25) is 5.95 Å². The van der Waals surface area contributed by atoms with Crippen LogP contribution in [0.25, 0.3) is 0 Å². The fraction of sp³-hybridized carbons (Fsp3) is 0.409. The van der Waals surface area contributed by atoms with Crippen LogP contribution >= 0.6 is 23.1 Å². The smallest absolute Gasteiger partial charge is 0.341 e. The molecule has 1 fully saturated rings. The number of hydrogen-bond acceptors (Lipinski definition) is 6. The quantitative estimate of drug-likeness (QED) is 0.407. The number of nitrogens with zero attached hydrogens (tertiary/aromatic N) is 4. The van der Waals surface area contributed by atoms with Gasteiger partial charge in [-0.15, -0.1) is 23.1 Å². The molecule has 0 saturated carbocycles. The first-order valence-corrected chi connectivity index (χ1v) is 12.1. The highest BCUT2D eigenvalue weighted by atomic mass is 32.2. The molecular weight excluding hydrogens is 441 g/mol. The van der Waals surface area contributed by atoms with Gasteiger partial charge in [0.15, 0.2) is 0 Å². The molecule has 1 aliphatic heterocycles. The van der Waals surface area contributed by atoms with E-state index in [-0.39, 0.29) is 0 Å². The van der Waals surface area contributed by atoms with Gasteiger partial charge in [0.25, 0.3) is 0 Å². The molecule has 0 atom stereocenters. The summed E-state index contributed by atoms with van der Waals surface area (Å²) in [7, 11) is 0. The summed E-state index contributed by atoms with van der Waals surface area (Å²) in [6, 6.07) is 5.29. The summed E-state index contributed by atoms with van der Waals surface area (Å²) < 4.78 is 38.0. The Hall–Kier alpha value is -2.13. The Balaban J connectivity index is 1.29. The van der Waals surface area contributed by atoms with Crippen LogP contribution in [0.4, 0.5) is 19.1 Å². The van der Waals surface area contributed by atoms with Crippen LogP contribution < -0.4 is 4.90 Å². The molecule has 3 heterocycles. The maximum Gasteiger partial charge on any atom is 0.416 e. The summed E-state index contributed by atoms with van der Waals surface area (Å²) in [5.74, 6) is 1.88. The lowest BCUT2D eigenvalue weighted by Gasteiger charge is -2.31. The molecule has 0 aliphatic carbocycles. The van der Waals surface area contributed by atoms with Gasteiger partial charge in [0.05, 0.1) is 16.3 Å². The zero-order valence-corrected chi connectivity index (χ0v) is 18.7. The number of rotatable bonds is 6. The van der Waals surface area contributed by atoms with Crippen molar-refractivity contribution in [2.75, 3.05) is 18.0 Å². The van der Waals surface area contributed by atoms with Gasteiger partial charge in [-0.05, 0) is 49.1 Å². The van der Waals surface area contributed by atoms with Crippen LogP contribution in [0.2, 0.25) is 0 Å². The average molecular weight is 465 g/mol. The number of halogens is 3. The molecule has 0 N–H and O–H groups in total. The van der Waals surface area contributed by atoms with E-state index in [0.717, 1.165) is 71.6 Å². The minimum atomic E-state index is -4.30. The molecule has 4 nitrogen and oxygen atoms in total. The van der Waals surface area contributed by atoms with Crippen LogP contribution in [-0.2, 0) is 18.3 Å². The molecule has 0 amide bonds. The van der Waals surface area contributed by atoms with Gasteiger partial charge in [-0.3, -0.25) is 0 Å². The third kappa shape index (κ3) is 5.57. The Bertz CT molecular complexity index is 979. The van der Waals surface area contributed by atoms with E-state index in [9.17, 15) is 13.2 Å². The second-order valence-electron chi connectivity index (χ2n) is 7.49. The van der Waals surface area contributed by atoms with Gasteiger partial charge in [-0.2, -0.15) is 13.2 Å². The largest absolute Gasteiger partial charge is 0.416 e. The van der Waals surface area contributed by atoms with Crippen LogP contribution in [0.3, 0.4) is 0 Å². The van der Waals surface area contributed by atoms with E-state index in [0.29, 0.717) is 11.7 Å². The highest BCUT2D eigenvalue weighted by Crippen LogP contribution is 2.34. The molecule has 0 radical (unpaired) electrons. The molecule has 0 bridgehead atoms. The number of aromatic nitrogens is 3. The van der Waals surface area contributed by atoms with Crippen molar-refractivity contribution in [2.45, 2.75) is 48.9 Å². The van der Waals surface area contributed by atoms with Gasteiger partial charge in [-0.1, -0.05) is 6.92 Å². The highest BCUT2D eigenvalue weighted by Gasteiger charge is 2.30. The number of aryl methyl sites for hydroxylation is 1. The molecule has 164 valence electrons. The monoisotopic (exact) mass is 464 g/mol. The van der Waals surface area contributed by atoms with Crippen LogP contribution in [0.1, 0.15) is 47.5 Å². The predicted octanol–water partition coefficient (Wildman–Crippen LogP) is 6.19. The summed E-state index contributed by atoms with van der Waals surface area (Å²) in [6.07, 6.45) is 2.46. The number of thioether (sulfide) groups is 1. The summed E-state index contributed by atoms with van der Waals surface area (Å²) in [4.78, 5) is 16.8. The third-order valence-electron chi connectivity index (χ3n) is 5.36. The Kier molecular flexibility index (Phi) is 6.81. The Morgan fingerprint density at radius 2 is 1.77 bits per heavy atom. The standard InChI is InChI=1S/C22H23F3N4S2/c1-2-15-11-26-21(27-12-15)29-9-7-16(8-10-29)20-28-18(14-31-20)13-30-19-5-3-17(4-6-19)22(23,24)25/h3-6,11-12,14,16H,2,7-10,13H2,1H3. The zero-order chi connectivity index (χ0) is 21.8. The van der Waals surface area contributed by atoms with E-state index in [1.807, 2.05) is 12.4 Å². The first-order valence-electron chi connectivity index (χ1n) is 10.2. The Morgan fingerprint density at radius 3 is 2.39 bits per heavy atom. The zero-order valence-electron chi connectivity index (χ0n) is 17.1. The lowest BCUT2D eigenvalue weighted by atomic mass is 9.98. The van der Waals surface area contributed by atoms with Crippen molar-refractivity contribution in [3.63, 3.8) is 0 Å². The Labute approximate surface area is 188 Å². The van der Waals surface area contributed by atoms with Crippen LogP contribution in [0.15, 0.2) is 46.9 Å².